The minimum absolute atomic E-state index is 0.0739. The van der Waals surface area contributed by atoms with E-state index in [-0.39, 0.29) is 40.6 Å². The van der Waals surface area contributed by atoms with Gasteiger partial charge < -0.3 is 80.2 Å². The van der Waals surface area contributed by atoms with Gasteiger partial charge in [-0.15, -0.1) is 23.7 Å². The van der Waals surface area contributed by atoms with Crippen molar-refractivity contribution in [1.82, 2.24) is 76.4 Å². The van der Waals surface area contributed by atoms with Crippen LogP contribution in [0.5, 0.6) is 0 Å². The van der Waals surface area contributed by atoms with E-state index in [1.807, 2.05) is 32.1 Å². The monoisotopic (exact) mass is 1970 g/mol. The summed E-state index contributed by atoms with van der Waals surface area (Å²) in [7, 11) is 6.73. The summed E-state index contributed by atoms with van der Waals surface area (Å²) in [6.07, 6.45) is -6.32. The Bertz CT molecular complexity index is 5940. The van der Waals surface area contributed by atoms with Crippen LogP contribution in [0, 0.1) is 47.4 Å². The van der Waals surface area contributed by atoms with Crippen molar-refractivity contribution in [2.24, 2.45) is 28.2 Å². The number of hydrogen-bond acceptors (Lipinski definition) is 29. The number of rotatable bonds is 22. The van der Waals surface area contributed by atoms with Crippen LogP contribution in [-0.4, -0.2) is 280 Å². The summed E-state index contributed by atoms with van der Waals surface area (Å²) in [5.74, 6) is 16.2. The number of morpholine rings is 1. The third-order valence-corrected chi connectivity index (χ3v) is 20.7. The molecular formula is C84H110F12N24O18. The number of halogens is 12. The molecule has 0 unspecified atom stereocenters. The van der Waals surface area contributed by atoms with Crippen molar-refractivity contribution < 1.29 is 121 Å². The number of piperidine rings is 4. The first-order valence-electron chi connectivity index (χ1n) is 43.4. The molecule has 0 aliphatic carbocycles. The lowest BCUT2D eigenvalue weighted by molar-refractivity contribution is -0.193. The molecule has 5 aliphatic rings. The van der Waals surface area contributed by atoms with Gasteiger partial charge in [-0.3, -0.25) is 65.3 Å². The van der Waals surface area contributed by atoms with Gasteiger partial charge in [0.1, 0.15) is 6.04 Å². The van der Waals surface area contributed by atoms with Crippen molar-refractivity contribution >= 4 is 128 Å². The van der Waals surface area contributed by atoms with Crippen LogP contribution >= 0.6 is 0 Å². The van der Waals surface area contributed by atoms with Crippen LogP contribution in [0.2, 0.25) is 0 Å². The molecule has 0 amide bonds. The number of ether oxygens (including phenoxy) is 3. The van der Waals surface area contributed by atoms with E-state index in [1.165, 1.54) is 46.3 Å². The molecule has 5 fully saturated rings. The number of carbonyl (C=O) groups excluding carboxylic acids is 1. The largest absolute Gasteiger partial charge is 0.490 e. The van der Waals surface area contributed by atoms with Crippen molar-refractivity contribution in [2.45, 2.75) is 189 Å². The molecule has 54 heteroatoms. The topological polar surface area (TPSA) is 494 Å². The number of anilines is 8. The van der Waals surface area contributed by atoms with E-state index in [0.29, 0.717) is 141 Å². The van der Waals surface area contributed by atoms with Crippen molar-refractivity contribution in [3.63, 3.8) is 0 Å². The summed E-state index contributed by atoms with van der Waals surface area (Å²) in [6, 6.07) is -0.879. The van der Waals surface area contributed by atoms with Gasteiger partial charge in [-0.2, -0.15) is 92.6 Å². The predicted molar refractivity (Wildman–Crippen MR) is 482 cm³/mol. The Morgan fingerprint density at radius 3 is 0.920 bits per heavy atom. The van der Waals surface area contributed by atoms with Crippen LogP contribution in [0.1, 0.15) is 132 Å². The van der Waals surface area contributed by atoms with Crippen LogP contribution in [0.15, 0.2) is 19.2 Å². The van der Waals surface area contributed by atoms with Gasteiger partial charge in [-0.25, -0.2) is 19.2 Å². The standard InChI is InChI=1S/C20H28N6O3.C19H26N6O2.C19H28N6O2.C18H24N6O3.4C2HF3O2/c1-4-6-14-26-16-17(23-20(26)25-12-8-7-9-13-25)22-19(24(3)18(16)28)21-11-10-15(27)29-5-2;1-3-4-10-25-15-16(21-19(25)23-8-6-5-7-9-23)20-18(22(2)17(15)26)24-11-13-27-14-12-24;1-4-6-13-25-15-16(22-19(25)24-11-8-7-9-12-24)21-18(23(3)17(15)26)20-10-14-27-5-2;1-4-5-11-24-13-14(21-18(24)23-9-7-6-8-10-23)20-17(22(3)15(13)25)19-12(2)16(26)27;4*3-2(4,5)1(6)7/h5,7-14H2,1-3H3,(H,21,22);5-14H2,1-2H3;5,7-14H2,1-3H3,(H,20,21);12H,6-11H2,1-3H3,(H,19,20)(H,26,27);4*(H,6,7)/t;;;12-;;;;/m...0..../s1. The van der Waals surface area contributed by atoms with E-state index in [0.717, 1.165) is 135 Å². The number of esters is 1. The van der Waals surface area contributed by atoms with E-state index < -0.39 is 60.6 Å². The quantitative estimate of drug-likeness (QED) is 0.0140. The second-order valence-electron chi connectivity index (χ2n) is 30.4. The zero-order chi connectivity index (χ0) is 103. The smallest absolute Gasteiger partial charge is 0.480 e. The molecule has 8 aromatic heterocycles. The van der Waals surface area contributed by atoms with Crippen LogP contribution in [0.4, 0.5) is 100 Å². The number of carboxylic acids is 5. The van der Waals surface area contributed by atoms with Crippen LogP contribution in [0.3, 0.4) is 0 Å². The fourth-order valence-corrected chi connectivity index (χ4v) is 13.8. The lowest BCUT2D eigenvalue weighted by Crippen LogP contribution is -2.40. The van der Waals surface area contributed by atoms with E-state index in [4.69, 9.17) is 73.9 Å². The lowest BCUT2D eigenvalue weighted by atomic mass is 10.1. The SMILES string of the molecule is CC#CCn1c(N2CCCCC2)nc2nc(N3CCOCC3)n(C)c(=O)c21.CC#CCn1c(N2CCCCC2)nc2nc(NCCC(=O)OCC)n(C)c(=O)c21.CC#CCn1c(N2CCCCC2)nc2nc(NCCOCC)n(C)c(=O)c21.CC#CCn1c(N2CCCCC2)nc2nc(N[C@@H](C)C(=O)O)n(C)c(=O)c21.O=C(O)C(F)(F)F.O=C(O)C(F)(F)F.O=C(O)C(F)(F)F.O=C(O)C(F)(F)F. The van der Waals surface area contributed by atoms with Gasteiger partial charge in [0, 0.05) is 113 Å². The summed E-state index contributed by atoms with van der Waals surface area (Å²) in [5, 5.41) is 46.6. The third kappa shape index (κ3) is 31.8. The molecule has 8 aromatic rings. The van der Waals surface area contributed by atoms with Gasteiger partial charge in [0.05, 0.1) is 59.0 Å². The molecule has 758 valence electrons. The molecule has 0 spiro atoms. The van der Waals surface area contributed by atoms with Crippen LogP contribution in [-0.2, 0) is 97.3 Å². The molecule has 5 saturated heterocycles. The highest BCUT2D eigenvalue weighted by Gasteiger charge is 2.41. The average Bonchev–Trinajstić information content (AvgIpc) is 1.61. The molecule has 13 heterocycles. The Morgan fingerprint density at radius 1 is 0.384 bits per heavy atom. The summed E-state index contributed by atoms with van der Waals surface area (Å²) in [6.45, 7) is 26.6. The minimum Gasteiger partial charge on any atom is -0.480 e. The summed E-state index contributed by atoms with van der Waals surface area (Å²) in [4.78, 5) is 159. The zero-order valence-corrected chi connectivity index (χ0v) is 77.6. The van der Waals surface area contributed by atoms with E-state index >= 15 is 0 Å². The second-order valence-corrected chi connectivity index (χ2v) is 30.4. The first-order chi connectivity index (χ1) is 65.1. The Labute approximate surface area is 780 Å². The number of aromatic nitrogens is 16. The van der Waals surface area contributed by atoms with Gasteiger partial charge in [0.15, 0.2) is 44.7 Å². The molecule has 0 radical (unpaired) electrons. The fourth-order valence-electron chi connectivity index (χ4n) is 13.8. The summed E-state index contributed by atoms with van der Waals surface area (Å²) >= 11 is 0. The summed E-state index contributed by atoms with van der Waals surface area (Å²) in [5.41, 5.74) is 2.89. The number of aliphatic carboxylic acids is 5. The maximum Gasteiger partial charge on any atom is 0.490 e. The second kappa shape index (κ2) is 52.9. The van der Waals surface area contributed by atoms with Gasteiger partial charge >= 0.3 is 60.5 Å². The van der Waals surface area contributed by atoms with Crippen molar-refractivity contribution in [2.75, 3.05) is 152 Å². The molecular weight excluding hydrogens is 1860 g/mol. The molecule has 1 atom stereocenters. The van der Waals surface area contributed by atoms with Crippen LogP contribution < -0.4 is 62.7 Å². The number of hydrogen-bond donors (Lipinski definition) is 8. The number of carbonyl (C=O) groups is 6. The van der Waals surface area contributed by atoms with Gasteiger partial charge in [0.2, 0.25) is 47.6 Å². The van der Waals surface area contributed by atoms with E-state index in [9.17, 15) is 81.5 Å². The number of fused-ring (bicyclic) bond motifs is 4. The molecule has 5 aliphatic heterocycles. The normalized spacial score (nSPS) is 14.5. The maximum absolute atomic E-state index is 13.2. The Hall–Kier alpha value is -14.1. The molecule has 138 heavy (non-hydrogen) atoms. The molecule has 13 rings (SSSR count). The first kappa shape index (κ1) is 113. The molecule has 0 saturated carbocycles. The molecule has 42 nitrogen and oxygen atoms in total. The molecule has 0 bridgehead atoms. The highest BCUT2D eigenvalue weighted by atomic mass is 19.4. The average molecular weight is 1970 g/mol. The maximum atomic E-state index is 13.2. The van der Waals surface area contributed by atoms with Crippen LogP contribution in [0.25, 0.3) is 44.7 Å². The zero-order valence-electron chi connectivity index (χ0n) is 77.6. The lowest BCUT2D eigenvalue weighted by Gasteiger charge is -2.28. The number of imidazole rings is 4. The van der Waals surface area contributed by atoms with Gasteiger partial charge in [0.25, 0.3) is 22.2 Å². The molecule has 0 aromatic carbocycles. The minimum atomic E-state index is -5.08. The Kier molecular flexibility index (Phi) is 43.2. The summed E-state index contributed by atoms with van der Waals surface area (Å²) < 4.78 is 156. The number of alkyl halides is 12. The predicted octanol–water partition coefficient (Wildman–Crippen LogP) is 7.64. The van der Waals surface area contributed by atoms with Gasteiger partial charge in [-0.1, -0.05) is 23.7 Å². The van der Waals surface area contributed by atoms with Crippen molar-refractivity contribution in [3.8, 4) is 47.4 Å². The Morgan fingerprint density at radius 2 is 0.645 bits per heavy atom. The van der Waals surface area contributed by atoms with E-state index in [1.54, 1.807) is 60.5 Å². The van der Waals surface area contributed by atoms with Crippen molar-refractivity contribution in [3.05, 3.63) is 41.4 Å². The fraction of sp³-hybridized carbons (Fsp3) is 0.595. The first-order valence-corrected chi connectivity index (χ1v) is 43.4. The highest BCUT2D eigenvalue weighted by molar-refractivity contribution is 5.81. The molecule has 8 N–H and O–H groups in total. The number of nitrogens with zero attached hydrogens (tertiary/aromatic N) is 21. The Balaban J connectivity index is 0.000000257. The number of carboxylic acid groups (broad SMARTS) is 5. The van der Waals surface area contributed by atoms with E-state index in [2.05, 4.69) is 113 Å². The van der Waals surface area contributed by atoms with Gasteiger partial charge in [-0.05, 0) is 126 Å². The third-order valence-electron chi connectivity index (χ3n) is 20.7. The highest BCUT2D eigenvalue weighted by Crippen LogP contribution is 2.30. The van der Waals surface area contributed by atoms with Crippen molar-refractivity contribution in [1.29, 1.82) is 0 Å². The number of nitrogens with one attached hydrogen (secondary N) is 3.